The van der Waals surface area contributed by atoms with Crippen LogP contribution in [0.2, 0.25) is 0 Å². The number of rotatable bonds is 20. The van der Waals surface area contributed by atoms with Gasteiger partial charge in [-0.1, -0.05) is 31.5 Å². The number of methoxy groups -OCH3 is 1. The minimum atomic E-state index is -0.0620. The molecule has 4 amide bonds. The molecule has 49 heavy (non-hydrogen) atoms. The third kappa shape index (κ3) is 18.7. The van der Waals surface area contributed by atoms with Crippen molar-refractivity contribution in [3.05, 3.63) is 53.1 Å². The Bertz CT molecular complexity index is 1350. The molecule has 0 spiro atoms. The highest BCUT2D eigenvalue weighted by Gasteiger charge is 2.16. The molecule has 0 saturated carbocycles. The van der Waals surface area contributed by atoms with Gasteiger partial charge in [0, 0.05) is 55.0 Å². The molecule has 0 aliphatic heterocycles. The second-order valence-corrected chi connectivity index (χ2v) is 10.9. The highest BCUT2D eigenvalue weighted by atomic mass is 16.5. The molecule has 15 heteroatoms. The highest BCUT2D eigenvalue weighted by molar-refractivity contribution is 6.31. The van der Waals surface area contributed by atoms with Crippen LogP contribution in [0.1, 0.15) is 61.0 Å². The van der Waals surface area contributed by atoms with Crippen molar-refractivity contribution in [2.45, 2.75) is 58.5 Å². The number of benzene rings is 2. The third-order valence-corrected chi connectivity index (χ3v) is 7.26. The Morgan fingerprint density at radius 3 is 2.35 bits per heavy atom. The first kappa shape index (κ1) is 43.9. The van der Waals surface area contributed by atoms with Crippen molar-refractivity contribution in [2.75, 3.05) is 51.9 Å². The maximum Gasteiger partial charge on any atom is 0.224 e. The number of aliphatic imine (C=N–C) groups is 1. The van der Waals surface area contributed by atoms with Gasteiger partial charge in [-0.15, -0.1) is 0 Å². The Kier molecular flexibility index (Phi) is 24.0. The summed E-state index contributed by atoms with van der Waals surface area (Å²) in [7, 11) is 5.64. The summed E-state index contributed by atoms with van der Waals surface area (Å²) in [4.78, 5) is 60.0. The molecule has 0 radical (unpaired) electrons. The molecule has 2 rings (SSSR count). The quantitative estimate of drug-likeness (QED) is 0.0448. The third-order valence-electron chi connectivity index (χ3n) is 7.26. The van der Waals surface area contributed by atoms with E-state index in [0.717, 1.165) is 43.3 Å². The zero-order valence-corrected chi connectivity index (χ0v) is 29.3. The van der Waals surface area contributed by atoms with E-state index in [0.29, 0.717) is 79.6 Å². The highest BCUT2D eigenvalue weighted by Crippen LogP contribution is 2.23. The minimum absolute atomic E-state index is 0.0620. The average Bonchev–Trinajstić information content (AvgIpc) is 3.08. The molecule has 15 nitrogen and oxygen atoms in total. The van der Waals surface area contributed by atoms with Crippen molar-refractivity contribution in [1.29, 1.82) is 0 Å². The Morgan fingerprint density at radius 1 is 1.08 bits per heavy atom. The molecule has 0 aliphatic rings. The molecule has 2 aromatic rings. The number of amides is 4. The Hall–Kier alpha value is -5.15. The first-order chi connectivity index (χ1) is 23.5. The van der Waals surface area contributed by atoms with E-state index >= 15 is 0 Å². The molecule has 0 bridgehead atoms. The molecule has 0 fully saturated rings. The number of anilines is 2. The number of aldehydes is 1. The SMILES string of the molecule is CCCC(C)N(C)Cc1c(C=O)cccc1NC(=O)CCCN(C)CCN=C/C(Cc1ccc(N)c(OC)c1)=N\N.NC=O.O=CNC=O. The minimum Gasteiger partial charge on any atom is -0.495 e. The summed E-state index contributed by atoms with van der Waals surface area (Å²) in [6, 6.07) is 11.4. The Balaban J connectivity index is 0.00000258. The predicted octanol–water partition coefficient (Wildman–Crippen LogP) is 1.98. The van der Waals surface area contributed by atoms with Gasteiger partial charge < -0.3 is 37.6 Å². The molecule has 2 aromatic carbocycles. The van der Waals surface area contributed by atoms with E-state index < -0.39 is 0 Å². The molecule has 8 N–H and O–H groups in total. The summed E-state index contributed by atoms with van der Waals surface area (Å²) >= 11 is 0. The molecule has 1 atom stereocenters. The second kappa shape index (κ2) is 26.9. The number of hydrogen-bond donors (Lipinski definition) is 5. The van der Waals surface area contributed by atoms with Crippen molar-refractivity contribution in [2.24, 2.45) is 21.7 Å². The monoisotopic (exact) mass is 683 g/mol. The number of nitrogens with zero attached hydrogens (tertiary/aromatic N) is 4. The van der Waals surface area contributed by atoms with Crippen LogP contribution in [0.15, 0.2) is 46.5 Å². The van der Waals surface area contributed by atoms with Crippen molar-refractivity contribution in [3.8, 4) is 5.75 Å². The molecule has 1 unspecified atom stereocenters. The molecular formula is C34H53N9O6. The van der Waals surface area contributed by atoms with Gasteiger partial charge in [-0.05, 0) is 64.2 Å². The summed E-state index contributed by atoms with van der Waals surface area (Å²) in [6.07, 6.45) is 7.20. The lowest BCUT2D eigenvalue weighted by Crippen LogP contribution is -2.29. The molecule has 270 valence electrons. The van der Waals surface area contributed by atoms with Crippen LogP contribution in [0.5, 0.6) is 5.75 Å². The summed E-state index contributed by atoms with van der Waals surface area (Å²) in [6.45, 7) is 7.01. The first-order valence-corrected chi connectivity index (χ1v) is 15.8. The molecular weight excluding hydrogens is 630 g/mol. The van der Waals surface area contributed by atoms with E-state index in [4.69, 9.17) is 30.7 Å². The molecule has 0 aromatic heterocycles. The topological polar surface area (TPSA) is 228 Å². The van der Waals surface area contributed by atoms with Gasteiger partial charge in [0.1, 0.15) is 12.0 Å². The summed E-state index contributed by atoms with van der Waals surface area (Å²) in [5.74, 6) is 6.11. The number of nitrogens with one attached hydrogen (secondary N) is 2. The van der Waals surface area contributed by atoms with Crippen LogP contribution in [0.3, 0.4) is 0 Å². The second-order valence-electron chi connectivity index (χ2n) is 10.9. The molecule has 0 aliphatic carbocycles. The van der Waals surface area contributed by atoms with E-state index in [9.17, 15) is 9.59 Å². The van der Waals surface area contributed by atoms with Gasteiger partial charge in [0.15, 0.2) is 0 Å². The van der Waals surface area contributed by atoms with Crippen LogP contribution in [-0.4, -0.2) is 100 Å². The van der Waals surface area contributed by atoms with Crippen molar-refractivity contribution in [1.82, 2.24) is 15.1 Å². The fraction of sp³-hybridized carbons (Fsp3) is 0.441. The first-order valence-electron chi connectivity index (χ1n) is 15.8. The zero-order valence-electron chi connectivity index (χ0n) is 29.3. The van der Waals surface area contributed by atoms with Gasteiger partial charge in [-0.25, -0.2) is 0 Å². The summed E-state index contributed by atoms with van der Waals surface area (Å²) in [5, 5.41) is 8.63. The fourth-order valence-corrected chi connectivity index (χ4v) is 4.51. The van der Waals surface area contributed by atoms with E-state index in [2.05, 4.69) is 44.8 Å². The van der Waals surface area contributed by atoms with Gasteiger partial charge in [-0.3, -0.25) is 33.9 Å². The van der Waals surface area contributed by atoms with Crippen molar-refractivity contribution >= 4 is 54.7 Å². The number of carbonyl (C=O) groups excluding carboxylic acids is 5. The molecule has 0 saturated heterocycles. The summed E-state index contributed by atoms with van der Waals surface area (Å²) < 4.78 is 5.27. The van der Waals surface area contributed by atoms with Gasteiger partial charge in [0.2, 0.25) is 25.1 Å². The van der Waals surface area contributed by atoms with Crippen molar-refractivity contribution < 1.29 is 28.7 Å². The maximum absolute atomic E-state index is 12.8. The van der Waals surface area contributed by atoms with E-state index in [1.54, 1.807) is 36.8 Å². The Morgan fingerprint density at radius 2 is 1.78 bits per heavy atom. The van der Waals surface area contributed by atoms with Gasteiger partial charge in [-0.2, -0.15) is 5.10 Å². The number of carbonyl (C=O) groups is 5. The molecule has 0 heterocycles. The van der Waals surface area contributed by atoms with Gasteiger partial charge >= 0.3 is 0 Å². The lowest BCUT2D eigenvalue weighted by atomic mass is 10.0. The smallest absolute Gasteiger partial charge is 0.224 e. The lowest BCUT2D eigenvalue weighted by molar-refractivity contribution is -0.118. The number of nitrogen functional groups attached to an aromatic ring is 1. The number of ether oxygens (including phenoxy) is 1. The van der Waals surface area contributed by atoms with Crippen LogP contribution in [0, 0.1) is 0 Å². The number of hydrazone groups is 1. The number of primary amides is 1. The maximum atomic E-state index is 12.8. The van der Waals surface area contributed by atoms with E-state index in [1.165, 1.54) is 0 Å². The van der Waals surface area contributed by atoms with Crippen LogP contribution >= 0.6 is 0 Å². The largest absolute Gasteiger partial charge is 0.495 e. The number of imide groups is 1. The average molecular weight is 684 g/mol. The van der Waals surface area contributed by atoms with Crippen LogP contribution < -0.4 is 32.7 Å². The normalized spacial score (nSPS) is 11.4. The van der Waals surface area contributed by atoms with E-state index in [1.807, 2.05) is 32.3 Å². The van der Waals surface area contributed by atoms with E-state index in [-0.39, 0.29) is 12.3 Å². The van der Waals surface area contributed by atoms with Crippen LogP contribution in [0.25, 0.3) is 0 Å². The number of likely N-dealkylation sites (N-methyl/N-ethyl adjacent to an activating group) is 1. The summed E-state index contributed by atoms with van der Waals surface area (Å²) in [5.41, 5.74) is 14.4. The van der Waals surface area contributed by atoms with Crippen LogP contribution in [-0.2, 0) is 32.1 Å². The zero-order chi connectivity index (χ0) is 37.0. The van der Waals surface area contributed by atoms with Crippen LogP contribution in [0.4, 0.5) is 11.4 Å². The predicted molar refractivity (Wildman–Crippen MR) is 195 cm³/mol. The van der Waals surface area contributed by atoms with Gasteiger partial charge in [0.05, 0.1) is 25.1 Å². The lowest BCUT2D eigenvalue weighted by Gasteiger charge is -2.26. The number of hydrogen-bond acceptors (Lipinski definition) is 12. The van der Waals surface area contributed by atoms with Gasteiger partial charge in [0.25, 0.3) is 0 Å². The van der Waals surface area contributed by atoms with Crippen molar-refractivity contribution in [3.63, 3.8) is 0 Å². The fourth-order valence-electron chi connectivity index (χ4n) is 4.51. The standard InChI is InChI=1S/C31H47N7O3.C2H3NO2.CH3NO/c1-6-9-23(2)38(4)21-27-25(22-39)10-7-11-29(27)35-31(40)12-8-16-37(3)17-15-34-20-26(36-33)18-24-13-14-28(32)30(19-24)41-5;4-1-3-2-5;2-1-3/h7,10-11,13-14,19-20,22-23H,6,8-9,12,15-18,21,32-33H2,1-5H3,(H,35,40);1-2H,(H,3,4,5);1H,(H2,2,3)/b34-20?,36-26-;;. The number of nitrogens with two attached hydrogens (primary N) is 3. The Labute approximate surface area is 289 Å².